The zero-order valence-electron chi connectivity index (χ0n) is 25.3. The average molecular weight is 679 g/mol. The van der Waals surface area contributed by atoms with E-state index in [0.29, 0.717) is 34.9 Å². The Labute approximate surface area is 268 Å². The van der Waals surface area contributed by atoms with Crippen molar-refractivity contribution in [2.75, 3.05) is 31.7 Å². The van der Waals surface area contributed by atoms with Gasteiger partial charge in [-0.05, 0) is 37.1 Å². The van der Waals surface area contributed by atoms with Crippen LogP contribution in [-0.2, 0) is 23.6 Å². The van der Waals surface area contributed by atoms with Crippen LogP contribution in [-0.4, -0.2) is 66.0 Å². The standard InChI is InChI=1S/C30H33F3N6O5S2/c1-37-25(8-11-35-37)26-14-20(30(31,32)33)9-12-38(26)24-10-13-44-28-16-22(6-7-23(24)28)46(40,41)39(29-34-18-36-45-29)17-19-4-5-21(42-2)15-27(19)43-3/h4-8,11,15-16,18,20,24,26H,9-10,12-14,17H2,1-3H3. The third-order valence-electron chi connectivity index (χ3n) is 8.66. The normalized spacial score (nSPS) is 20.5. The molecule has 2 aliphatic rings. The van der Waals surface area contributed by atoms with Crippen LogP contribution in [0.5, 0.6) is 17.2 Å². The Hall–Kier alpha value is -3.89. The van der Waals surface area contributed by atoms with Crippen LogP contribution in [0.2, 0.25) is 0 Å². The first-order chi connectivity index (χ1) is 22.0. The van der Waals surface area contributed by atoms with E-state index in [2.05, 4.69) is 19.4 Å². The van der Waals surface area contributed by atoms with E-state index in [0.717, 1.165) is 21.4 Å². The number of methoxy groups -OCH3 is 2. The van der Waals surface area contributed by atoms with Crippen molar-refractivity contribution in [2.24, 2.45) is 13.0 Å². The van der Waals surface area contributed by atoms with Gasteiger partial charge in [0.05, 0.1) is 49.9 Å². The lowest BCUT2D eigenvalue weighted by Crippen LogP contribution is -2.44. The van der Waals surface area contributed by atoms with Gasteiger partial charge in [0.15, 0.2) is 0 Å². The number of sulfonamides is 1. The molecule has 246 valence electrons. The quantitative estimate of drug-likeness (QED) is 0.226. The van der Waals surface area contributed by atoms with Gasteiger partial charge in [-0.1, -0.05) is 6.07 Å². The number of hydrogen-bond acceptors (Lipinski definition) is 10. The van der Waals surface area contributed by atoms with Crippen LogP contribution in [0.1, 0.15) is 48.2 Å². The third kappa shape index (κ3) is 6.12. The number of anilines is 1. The minimum Gasteiger partial charge on any atom is -0.497 e. The molecule has 0 radical (unpaired) electrons. The molecule has 46 heavy (non-hydrogen) atoms. The van der Waals surface area contributed by atoms with Gasteiger partial charge in [-0.25, -0.2) is 17.7 Å². The molecule has 0 saturated carbocycles. The largest absolute Gasteiger partial charge is 0.497 e. The summed E-state index contributed by atoms with van der Waals surface area (Å²) in [4.78, 5) is 6.24. The number of nitrogens with zero attached hydrogens (tertiary/aromatic N) is 6. The summed E-state index contributed by atoms with van der Waals surface area (Å²) in [5.74, 6) is -0.0528. The number of likely N-dealkylation sites (tertiary alicyclic amines) is 1. The van der Waals surface area contributed by atoms with Crippen LogP contribution in [0, 0.1) is 5.92 Å². The van der Waals surface area contributed by atoms with Crippen molar-refractivity contribution in [3.8, 4) is 17.2 Å². The number of fused-ring (bicyclic) bond motifs is 1. The number of benzene rings is 2. The predicted molar refractivity (Wildman–Crippen MR) is 164 cm³/mol. The molecule has 2 aromatic heterocycles. The lowest BCUT2D eigenvalue weighted by Gasteiger charge is -2.45. The molecule has 0 bridgehead atoms. The highest BCUT2D eigenvalue weighted by atomic mass is 32.2. The number of aromatic nitrogens is 4. The predicted octanol–water partition coefficient (Wildman–Crippen LogP) is 5.52. The van der Waals surface area contributed by atoms with Crippen molar-refractivity contribution in [1.29, 1.82) is 0 Å². The number of alkyl halides is 3. The first-order valence-corrected chi connectivity index (χ1v) is 16.8. The monoisotopic (exact) mass is 678 g/mol. The van der Waals surface area contributed by atoms with E-state index < -0.39 is 28.2 Å². The van der Waals surface area contributed by atoms with Crippen LogP contribution in [0.3, 0.4) is 0 Å². The van der Waals surface area contributed by atoms with Gasteiger partial charge >= 0.3 is 6.18 Å². The smallest absolute Gasteiger partial charge is 0.391 e. The zero-order chi connectivity index (χ0) is 32.6. The first kappa shape index (κ1) is 32.1. The van der Waals surface area contributed by atoms with Gasteiger partial charge in [0.1, 0.15) is 23.6 Å². The Balaban J connectivity index is 1.34. The number of rotatable bonds is 9. The van der Waals surface area contributed by atoms with Gasteiger partial charge in [-0.15, -0.1) is 0 Å². The molecule has 4 heterocycles. The van der Waals surface area contributed by atoms with Gasteiger partial charge in [-0.2, -0.15) is 22.6 Å². The van der Waals surface area contributed by atoms with Gasteiger partial charge in [0.25, 0.3) is 10.0 Å². The van der Waals surface area contributed by atoms with Crippen LogP contribution < -0.4 is 18.5 Å². The van der Waals surface area contributed by atoms with Gasteiger partial charge in [-0.3, -0.25) is 9.58 Å². The average Bonchev–Trinajstić information content (AvgIpc) is 3.74. The number of hydrogen-bond donors (Lipinski definition) is 0. The van der Waals surface area contributed by atoms with E-state index in [1.807, 2.05) is 0 Å². The summed E-state index contributed by atoms with van der Waals surface area (Å²) in [5, 5.41) is 4.39. The van der Waals surface area contributed by atoms with Gasteiger partial charge in [0.2, 0.25) is 5.13 Å². The second-order valence-corrected chi connectivity index (χ2v) is 13.8. The fraction of sp³-hybridized carbons (Fsp3) is 0.433. The van der Waals surface area contributed by atoms with E-state index in [1.165, 1.54) is 32.7 Å². The number of ether oxygens (including phenoxy) is 3. The topological polar surface area (TPSA) is 112 Å². The molecule has 3 unspecified atom stereocenters. The van der Waals surface area contributed by atoms with Crippen LogP contribution >= 0.6 is 11.5 Å². The van der Waals surface area contributed by atoms with E-state index in [9.17, 15) is 21.6 Å². The lowest BCUT2D eigenvalue weighted by atomic mass is 9.85. The summed E-state index contributed by atoms with van der Waals surface area (Å²) in [6, 6.07) is 10.8. The number of aryl methyl sites for hydroxylation is 1. The Morgan fingerprint density at radius 1 is 1.09 bits per heavy atom. The number of halogens is 3. The van der Waals surface area contributed by atoms with Crippen molar-refractivity contribution in [3.05, 3.63) is 71.8 Å². The van der Waals surface area contributed by atoms with Crippen LogP contribution in [0.25, 0.3) is 0 Å². The second-order valence-electron chi connectivity index (χ2n) is 11.2. The maximum Gasteiger partial charge on any atom is 0.391 e. The minimum atomic E-state index is -4.30. The molecule has 0 spiro atoms. The molecule has 0 N–H and O–H groups in total. The summed E-state index contributed by atoms with van der Waals surface area (Å²) >= 11 is 0.938. The molecular weight excluding hydrogens is 645 g/mol. The Bertz CT molecular complexity index is 1780. The highest BCUT2D eigenvalue weighted by molar-refractivity contribution is 7.93. The fourth-order valence-corrected chi connectivity index (χ4v) is 8.45. The number of piperidine rings is 1. The molecule has 0 amide bonds. The second kappa shape index (κ2) is 12.7. The third-order valence-corrected chi connectivity index (χ3v) is 11.2. The molecular formula is C30H33F3N6O5S2. The maximum atomic E-state index is 14.2. The Morgan fingerprint density at radius 2 is 1.91 bits per heavy atom. The SMILES string of the molecule is COc1ccc(CN(c2ncns2)S(=O)(=O)c2ccc3c(c2)OCCC3N2CCC(C(F)(F)F)CC2c2ccnn2C)c(OC)c1. The summed E-state index contributed by atoms with van der Waals surface area (Å²) in [7, 11) is 0.554. The molecule has 2 aromatic carbocycles. The van der Waals surface area contributed by atoms with E-state index >= 15 is 0 Å². The molecule has 16 heteroatoms. The first-order valence-electron chi connectivity index (χ1n) is 14.6. The van der Waals surface area contributed by atoms with Crippen molar-refractivity contribution in [2.45, 2.75) is 49.0 Å². The molecule has 4 aromatic rings. The summed E-state index contributed by atoms with van der Waals surface area (Å²) in [5.41, 5.74) is 2.00. The van der Waals surface area contributed by atoms with E-state index in [4.69, 9.17) is 14.2 Å². The van der Waals surface area contributed by atoms with Crippen LogP contribution in [0.4, 0.5) is 18.3 Å². The highest BCUT2D eigenvalue weighted by Gasteiger charge is 2.47. The fourth-order valence-electron chi connectivity index (χ4n) is 6.31. The maximum absolute atomic E-state index is 14.2. The molecule has 0 aliphatic carbocycles. The van der Waals surface area contributed by atoms with Crippen molar-refractivity contribution < 1.29 is 35.8 Å². The Kier molecular flexibility index (Phi) is 8.87. The van der Waals surface area contributed by atoms with E-state index in [1.54, 1.807) is 48.3 Å². The molecule has 3 atom stereocenters. The van der Waals surface area contributed by atoms with Crippen molar-refractivity contribution in [1.82, 2.24) is 24.0 Å². The molecule has 2 aliphatic heterocycles. The van der Waals surface area contributed by atoms with Crippen molar-refractivity contribution >= 4 is 26.7 Å². The molecule has 1 saturated heterocycles. The zero-order valence-corrected chi connectivity index (χ0v) is 27.0. The summed E-state index contributed by atoms with van der Waals surface area (Å²) in [6.45, 7) is 0.409. The minimum absolute atomic E-state index is 0.0199. The Morgan fingerprint density at radius 3 is 2.59 bits per heavy atom. The lowest BCUT2D eigenvalue weighted by molar-refractivity contribution is -0.192. The molecule has 11 nitrogen and oxygen atoms in total. The van der Waals surface area contributed by atoms with Gasteiger partial charge in [0, 0.05) is 67.0 Å². The van der Waals surface area contributed by atoms with E-state index in [-0.39, 0.29) is 48.6 Å². The summed E-state index contributed by atoms with van der Waals surface area (Å²) < 4.78 is 93.6. The summed E-state index contributed by atoms with van der Waals surface area (Å²) in [6.07, 6.45) is -0.997. The molecule has 1 fully saturated rings. The van der Waals surface area contributed by atoms with Gasteiger partial charge < -0.3 is 14.2 Å². The molecule has 6 rings (SSSR count). The van der Waals surface area contributed by atoms with Crippen molar-refractivity contribution in [3.63, 3.8) is 0 Å². The highest BCUT2D eigenvalue weighted by Crippen LogP contribution is 2.48. The van der Waals surface area contributed by atoms with Crippen LogP contribution in [0.15, 0.2) is 59.9 Å².